The zero-order valence-corrected chi connectivity index (χ0v) is 16.1. The minimum atomic E-state index is -0.342. The van der Waals surface area contributed by atoms with Crippen LogP contribution in [0.15, 0.2) is 57.5 Å². The van der Waals surface area contributed by atoms with Gasteiger partial charge in [0.1, 0.15) is 0 Å². The van der Waals surface area contributed by atoms with Gasteiger partial charge in [0.05, 0.1) is 6.04 Å². The second-order valence-electron chi connectivity index (χ2n) is 5.89. The fourth-order valence-electron chi connectivity index (χ4n) is 2.43. The Balaban J connectivity index is 1.69. The fraction of sp³-hybridized carbons (Fsp3) is 0.211. The maximum atomic E-state index is 12.2. The number of urea groups is 1. The molecule has 0 aliphatic rings. The molecule has 0 fully saturated rings. The maximum absolute atomic E-state index is 12.2. The molecule has 0 bridgehead atoms. The molecule has 0 radical (unpaired) electrons. The Kier molecular flexibility index (Phi) is 5.68. The number of anilines is 1. The molecule has 0 spiro atoms. The number of nitrogens with zero attached hydrogens (tertiary/aromatic N) is 2. The van der Waals surface area contributed by atoms with E-state index < -0.39 is 0 Å². The zero-order valence-electron chi connectivity index (χ0n) is 14.5. The summed E-state index contributed by atoms with van der Waals surface area (Å²) in [5.41, 5.74) is 2.68. The third-order valence-electron chi connectivity index (χ3n) is 3.85. The van der Waals surface area contributed by atoms with E-state index in [-0.39, 0.29) is 12.1 Å². The van der Waals surface area contributed by atoms with Crippen LogP contribution in [0.25, 0.3) is 11.5 Å². The van der Waals surface area contributed by atoms with Crippen molar-refractivity contribution in [3.63, 3.8) is 0 Å². The van der Waals surface area contributed by atoms with E-state index >= 15 is 0 Å². The van der Waals surface area contributed by atoms with Gasteiger partial charge in [-0.25, -0.2) is 4.79 Å². The van der Waals surface area contributed by atoms with Crippen molar-refractivity contribution in [2.45, 2.75) is 26.3 Å². The number of aryl methyl sites for hydroxylation is 1. The average molecular weight is 415 g/mol. The molecule has 2 N–H and O–H groups in total. The Morgan fingerprint density at radius 1 is 1.23 bits per heavy atom. The standard InChI is InChI=1S/C19H19BrN4O2/c1-3-16(22-19(25)21-15-9-7-12(2)8-10-15)17-23-18(26-24-17)13-5-4-6-14(20)11-13/h4-11,16H,3H2,1-2H3,(H2,21,22,25)/t16-/m0/s1. The van der Waals surface area contributed by atoms with Crippen LogP contribution in [0.2, 0.25) is 0 Å². The molecule has 7 heteroatoms. The van der Waals surface area contributed by atoms with Crippen LogP contribution in [0.3, 0.4) is 0 Å². The third kappa shape index (κ3) is 4.49. The second kappa shape index (κ2) is 8.14. The minimum absolute atomic E-state index is 0.311. The molecule has 6 nitrogen and oxygen atoms in total. The Morgan fingerprint density at radius 3 is 2.69 bits per heavy atom. The lowest BCUT2D eigenvalue weighted by molar-refractivity contribution is 0.247. The van der Waals surface area contributed by atoms with Crippen molar-refractivity contribution < 1.29 is 9.32 Å². The molecule has 0 aliphatic heterocycles. The van der Waals surface area contributed by atoms with Gasteiger partial charge < -0.3 is 15.2 Å². The highest BCUT2D eigenvalue weighted by molar-refractivity contribution is 9.10. The van der Waals surface area contributed by atoms with E-state index in [0.717, 1.165) is 21.3 Å². The zero-order chi connectivity index (χ0) is 18.5. The molecule has 0 saturated heterocycles. The number of benzene rings is 2. The third-order valence-corrected chi connectivity index (χ3v) is 4.34. The van der Waals surface area contributed by atoms with Gasteiger partial charge in [-0.05, 0) is 43.7 Å². The van der Waals surface area contributed by atoms with Crippen molar-refractivity contribution in [2.75, 3.05) is 5.32 Å². The molecule has 1 aromatic heterocycles. The first kappa shape index (κ1) is 18.1. The summed E-state index contributed by atoms with van der Waals surface area (Å²) in [5.74, 6) is 0.863. The van der Waals surface area contributed by atoms with E-state index in [4.69, 9.17) is 4.52 Å². The molecular formula is C19H19BrN4O2. The highest BCUT2D eigenvalue weighted by Crippen LogP contribution is 2.23. The van der Waals surface area contributed by atoms with Gasteiger partial charge in [-0.15, -0.1) is 0 Å². The molecule has 3 rings (SSSR count). The molecule has 2 amide bonds. The maximum Gasteiger partial charge on any atom is 0.319 e. The first-order chi connectivity index (χ1) is 12.5. The summed E-state index contributed by atoms with van der Waals surface area (Å²) in [7, 11) is 0. The summed E-state index contributed by atoms with van der Waals surface area (Å²) in [6.45, 7) is 3.95. The van der Waals surface area contributed by atoms with Crippen LogP contribution in [-0.4, -0.2) is 16.2 Å². The van der Waals surface area contributed by atoms with E-state index in [9.17, 15) is 4.79 Å². The highest BCUT2D eigenvalue weighted by atomic mass is 79.9. The quantitative estimate of drug-likeness (QED) is 0.609. The largest absolute Gasteiger partial charge is 0.334 e. The van der Waals surface area contributed by atoms with Crippen LogP contribution in [0.4, 0.5) is 10.5 Å². The SMILES string of the molecule is CC[C@H](NC(=O)Nc1ccc(C)cc1)c1noc(-c2cccc(Br)c2)n1. The van der Waals surface area contributed by atoms with E-state index in [2.05, 4.69) is 36.7 Å². The van der Waals surface area contributed by atoms with Gasteiger partial charge in [0, 0.05) is 15.7 Å². The summed E-state index contributed by atoms with van der Waals surface area (Å²) in [6.07, 6.45) is 0.638. The summed E-state index contributed by atoms with van der Waals surface area (Å²) in [5, 5.41) is 9.71. The van der Waals surface area contributed by atoms with Crippen molar-refractivity contribution in [2.24, 2.45) is 0 Å². The number of nitrogens with one attached hydrogen (secondary N) is 2. The lowest BCUT2D eigenvalue weighted by Crippen LogP contribution is -2.32. The van der Waals surface area contributed by atoms with Crippen LogP contribution in [0.1, 0.15) is 30.8 Å². The van der Waals surface area contributed by atoms with Crippen LogP contribution in [-0.2, 0) is 0 Å². The first-order valence-electron chi connectivity index (χ1n) is 8.29. The number of halogens is 1. The number of hydrogen-bond acceptors (Lipinski definition) is 4. The van der Waals surface area contributed by atoms with Gasteiger partial charge in [0.15, 0.2) is 5.82 Å². The molecular weight excluding hydrogens is 396 g/mol. The Bertz CT molecular complexity index is 893. The van der Waals surface area contributed by atoms with Crippen molar-refractivity contribution >= 4 is 27.6 Å². The molecule has 1 atom stereocenters. The Morgan fingerprint density at radius 2 is 2.00 bits per heavy atom. The van der Waals surface area contributed by atoms with E-state index in [0.29, 0.717) is 18.1 Å². The molecule has 0 saturated carbocycles. The summed E-state index contributed by atoms with van der Waals surface area (Å²) in [6, 6.07) is 14.5. The second-order valence-corrected chi connectivity index (χ2v) is 6.81. The lowest BCUT2D eigenvalue weighted by atomic mass is 10.2. The highest BCUT2D eigenvalue weighted by Gasteiger charge is 2.19. The molecule has 3 aromatic rings. The number of aromatic nitrogens is 2. The van der Waals surface area contributed by atoms with Crippen LogP contribution >= 0.6 is 15.9 Å². The van der Waals surface area contributed by atoms with Gasteiger partial charge in [0.25, 0.3) is 5.89 Å². The molecule has 26 heavy (non-hydrogen) atoms. The molecule has 1 heterocycles. The molecule has 134 valence electrons. The van der Waals surface area contributed by atoms with Crippen molar-refractivity contribution in [3.8, 4) is 11.5 Å². The monoisotopic (exact) mass is 414 g/mol. The van der Waals surface area contributed by atoms with Crippen LogP contribution < -0.4 is 10.6 Å². The summed E-state index contributed by atoms with van der Waals surface area (Å²) < 4.78 is 6.28. The van der Waals surface area contributed by atoms with Crippen molar-refractivity contribution in [3.05, 3.63) is 64.4 Å². The van der Waals surface area contributed by atoms with Gasteiger partial charge in [-0.1, -0.05) is 51.8 Å². The minimum Gasteiger partial charge on any atom is -0.334 e. The molecule has 2 aromatic carbocycles. The smallest absolute Gasteiger partial charge is 0.319 e. The fourth-order valence-corrected chi connectivity index (χ4v) is 2.83. The molecule has 0 unspecified atom stereocenters. The first-order valence-corrected chi connectivity index (χ1v) is 9.08. The van der Waals surface area contributed by atoms with E-state index in [1.807, 2.05) is 62.4 Å². The van der Waals surface area contributed by atoms with Crippen LogP contribution in [0.5, 0.6) is 0 Å². The topological polar surface area (TPSA) is 80.0 Å². The van der Waals surface area contributed by atoms with E-state index in [1.54, 1.807) is 0 Å². The van der Waals surface area contributed by atoms with E-state index in [1.165, 1.54) is 0 Å². The van der Waals surface area contributed by atoms with Gasteiger partial charge in [-0.2, -0.15) is 4.98 Å². The number of hydrogen-bond donors (Lipinski definition) is 2. The van der Waals surface area contributed by atoms with Gasteiger partial charge in [-0.3, -0.25) is 0 Å². The number of carbonyl (C=O) groups is 1. The Labute approximate surface area is 160 Å². The predicted molar refractivity (Wildman–Crippen MR) is 104 cm³/mol. The molecule has 0 aliphatic carbocycles. The predicted octanol–water partition coefficient (Wildman–Crippen LogP) is 5.08. The van der Waals surface area contributed by atoms with Gasteiger partial charge in [0.2, 0.25) is 0 Å². The average Bonchev–Trinajstić information content (AvgIpc) is 3.12. The van der Waals surface area contributed by atoms with Gasteiger partial charge >= 0.3 is 6.03 Å². The number of amides is 2. The van der Waals surface area contributed by atoms with Crippen molar-refractivity contribution in [1.82, 2.24) is 15.5 Å². The Hall–Kier alpha value is -2.67. The normalized spacial score (nSPS) is 11.8. The number of carbonyl (C=O) groups excluding carboxylic acids is 1. The summed E-state index contributed by atoms with van der Waals surface area (Å²) >= 11 is 3.42. The van der Waals surface area contributed by atoms with Crippen LogP contribution in [0, 0.1) is 6.92 Å². The lowest BCUT2D eigenvalue weighted by Gasteiger charge is -2.14. The van der Waals surface area contributed by atoms with Crippen molar-refractivity contribution in [1.29, 1.82) is 0 Å². The number of rotatable bonds is 5. The summed E-state index contributed by atoms with van der Waals surface area (Å²) in [4.78, 5) is 16.7.